The molecule has 0 saturated heterocycles. The van der Waals surface area contributed by atoms with Gasteiger partial charge in [0.2, 0.25) is 10.0 Å². The van der Waals surface area contributed by atoms with Crippen LogP contribution in [0.25, 0.3) is 0 Å². The highest BCUT2D eigenvalue weighted by Gasteiger charge is 2.25. The van der Waals surface area contributed by atoms with Crippen molar-refractivity contribution in [2.24, 2.45) is 0 Å². The number of sulfonamides is 1. The summed E-state index contributed by atoms with van der Waals surface area (Å²) in [6.07, 6.45) is 3.95. The van der Waals surface area contributed by atoms with Crippen molar-refractivity contribution >= 4 is 31.6 Å². The molecular formula is C14H23BrN2O3S. The largest absolute Gasteiger partial charge is 0.399 e. The second kappa shape index (κ2) is 8.73. The molecule has 0 amide bonds. The Balaban J connectivity index is 2.93. The van der Waals surface area contributed by atoms with Crippen molar-refractivity contribution < 1.29 is 13.5 Å². The van der Waals surface area contributed by atoms with Crippen LogP contribution >= 0.6 is 15.9 Å². The second-order valence-corrected chi connectivity index (χ2v) is 7.64. The van der Waals surface area contributed by atoms with Gasteiger partial charge in [0.1, 0.15) is 0 Å². The Bertz CT molecular complexity index is 549. The maximum absolute atomic E-state index is 12.7. The summed E-state index contributed by atoms with van der Waals surface area (Å²) in [7, 11) is -3.63. The van der Waals surface area contributed by atoms with Crippen LogP contribution < -0.4 is 5.73 Å². The average molecular weight is 379 g/mol. The SMILES string of the molecule is CCCCCCN(CCO)S(=O)(=O)c1ccc(N)cc1Br. The summed E-state index contributed by atoms with van der Waals surface area (Å²) in [6, 6.07) is 4.62. The van der Waals surface area contributed by atoms with Crippen molar-refractivity contribution in [3.8, 4) is 0 Å². The summed E-state index contributed by atoms with van der Waals surface area (Å²) in [4.78, 5) is 0.181. The lowest BCUT2D eigenvalue weighted by molar-refractivity contribution is 0.251. The molecule has 0 heterocycles. The lowest BCUT2D eigenvalue weighted by Crippen LogP contribution is -2.34. The standard InChI is InChI=1S/C14H23BrN2O3S/c1-2-3-4-5-8-17(9-10-18)21(19,20)14-7-6-12(16)11-13(14)15/h6-7,11,18H,2-5,8-10,16H2,1H3. The van der Waals surface area contributed by atoms with Crippen LogP contribution in [0.15, 0.2) is 27.6 Å². The van der Waals surface area contributed by atoms with Gasteiger partial charge < -0.3 is 10.8 Å². The third kappa shape index (κ3) is 5.25. The number of aliphatic hydroxyl groups excluding tert-OH is 1. The Morgan fingerprint density at radius 3 is 2.52 bits per heavy atom. The van der Waals surface area contributed by atoms with Gasteiger partial charge in [-0.25, -0.2) is 8.42 Å². The second-order valence-electron chi connectivity index (χ2n) is 4.88. The summed E-state index contributed by atoms with van der Waals surface area (Å²) >= 11 is 3.25. The highest BCUT2D eigenvalue weighted by Crippen LogP contribution is 2.27. The molecule has 7 heteroatoms. The predicted molar refractivity (Wildman–Crippen MR) is 88.5 cm³/mol. The highest BCUT2D eigenvalue weighted by molar-refractivity contribution is 9.10. The zero-order valence-corrected chi connectivity index (χ0v) is 14.7. The Hall–Kier alpha value is -0.630. The van der Waals surface area contributed by atoms with E-state index >= 15 is 0 Å². The molecule has 1 aromatic rings. The minimum absolute atomic E-state index is 0.102. The van der Waals surface area contributed by atoms with Crippen molar-refractivity contribution in [3.05, 3.63) is 22.7 Å². The number of halogens is 1. The normalized spacial score (nSPS) is 12.0. The number of benzene rings is 1. The van der Waals surface area contributed by atoms with E-state index in [2.05, 4.69) is 22.9 Å². The Morgan fingerprint density at radius 1 is 1.24 bits per heavy atom. The molecule has 0 atom stereocenters. The predicted octanol–water partition coefficient (Wildman–Crippen LogP) is 2.59. The molecule has 5 nitrogen and oxygen atoms in total. The molecule has 21 heavy (non-hydrogen) atoms. The monoisotopic (exact) mass is 378 g/mol. The summed E-state index contributed by atoms with van der Waals surface area (Å²) < 4.78 is 27.1. The number of hydrogen-bond acceptors (Lipinski definition) is 4. The fourth-order valence-corrected chi connectivity index (χ4v) is 4.57. The molecule has 0 aliphatic rings. The summed E-state index contributed by atoms with van der Waals surface area (Å²) in [6.45, 7) is 2.43. The fourth-order valence-electron chi connectivity index (χ4n) is 2.04. The molecule has 0 spiro atoms. The first-order valence-corrected chi connectivity index (χ1v) is 9.32. The van der Waals surface area contributed by atoms with Crippen LogP contribution in [0.3, 0.4) is 0 Å². The number of unbranched alkanes of at least 4 members (excludes halogenated alkanes) is 3. The number of rotatable bonds is 9. The first-order chi connectivity index (χ1) is 9.93. The minimum atomic E-state index is -3.63. The number of hydrogen-bond donors (Lipinski definition) is 2. The van der Waals surface area contributed by atoms with Crippen LogP contribution in [0.4, 0.5) is 5.69 Å². The van der Waals surface area contributed by atoms with Gasteiger partial charge in [-0.1, -0.05) is 26.2 Å². The molecule has 0 saturated carbocycles. The molecule has 1 rings (SSSR count). The van der Waals surface area contributed by atoms with Gasteiger partial charge in [0.15, 0.2) is 0 Å². The molecule has 0 bridgehead atoms. The zero-order chi connectivity index (χ0) is 15.9. The number of aliphatic hydroxyl groups is 1. The van der Waals surface area contributed by atoms with Crippen LogP contribution in [0, 0.1) is 0 Å². The van der Waals surface area contributed by atoms with Gasteiger partial charge in [-0.05, 0) is 40.5 Å². The van der Waals surface area contributed by atoms with E-state index in [1.54, 1.807) is 12.1 Å². The average Bonchev–Trinajstić information content (AvgIpc) is 2.41. The Kier molecular flexibility index (Phi) is 7.65. The first-order valence-electron chi connectivity index (χ1n) is 7.09. The van der Waals surface area contributed by atoms with E-state index < -0.39 is 10.0 Å². The molecule has 0 aliphatic heterocycles. The number of nitrogens with zero attached hydrogens (tertiary/aromatic N) is 1. The fraction of sp³-hybridized carbons (Fsp3) is 0.571. The number of nitrogen functional groups attached to an aromatic ring is 1. The molecule has 0 fully saturated rings. The Labute approximate surface area is 135 Å². The molecule has 0 radical (unpaired) electrons. The van der Waals surface area contributed by atoms with Crippen LogP contribution in [-0.2, 0) is 10.0 Å². The van der Waals surface area contributed by atoms with Crippen molar-refractivity contribution in [1.29, 1.82) is 0 Å². The summed E-state index contributed by atoms with van der Waals surface area (Å²) in [5.41, 5.74) is 6.14. The first kappa shape index (κ1) is 18.4. The van der Waals surface area contributed by atoms with E-state index in [1.165, 1.54) is 10.4 Å². The minimum Gasteiger partial charge on any atom is -0.399 e. The molecule has 1 aromatic carbocycles. The van der Waals surface area contributed by atoms with Gasteiger partial charge in [-0.2, -0.15) is 4.31 Å². The lowest BCUT2D eigenvalue weighted by Gasteiger charge is -2.22. The molecule has 0 unspecified atom stereocenters. The third-order valence-corrected chi connectivity index (χ3v) is 6.06. The van der Waals surface area contributed by atoms with E-state index in [9.17, 15) is 8.42 Å². The smallest absolute Gasteiger partial charge is 0.244 e. The third-order valence-electron chi connectivity index (χ3n) is 3.18. The van der Waals surface area contributed by atoms with E-state index in [-0.39, 0.29) is 18.0 Å². The van der Waals surface area contributed by atoms with Gasteiger partial charge in [0, 0.05) is 23.2 Å². The summed E-state index contributed by atoms with van der Waals surface area (Å²) in [5.74, 6) is 0. The number of anilines is 1. The van der Waals surface area contributed by atoms with Crippen LogP contribution in [-0.4, -0.2) is 37.5 Å². The van der Waals surface area contributed by atoms with Crippen molar-refractivity contribution in [3.63, 3.8) is 0 Å². The lowest BCUT2D eigenvalue weighted by atomic mass is 10.2. The zero-order valence-electron chi connectivity index (χ0n) is 12.3. The summed E-state index contributed by atoms with van der Waals surface area (Å²) in [5, 5.41) is 9.13. The van der Waals surface area contributed by atoms with Gasteiger partial charge in [0.25, 0.3) is 0 Å². The van der Waals surface area contributed by atoms with Gasteiger partial charge in [-0.15, -0.1) is 0 Å². The van der Waals surface area contributed by atoms with Crippen molar-refractivity contribution in [2.45, 2.75) is 37.5 Å². The van der Waals surface area contributed by atoms with Gasteiger partial charge in [0.05, 0.1) is 11.5 Å². The molecule has 120 valence electrons. The molecule has 0 aromatic heterocycles. The van der Waals surface area contributed by atoms with Crippen molar-refractivity contribution in [2.75, 3.05) is 25.4 Å². The molecule has 0 aliphatic carbocycles. The van der Waals surface area contributed by atoms with Gasteiger partial charge >= 0.3 is 0 Å². The quantitative estimate of drug-likeness (QED) is 0.510. The molecule has 3 N–H and O–H groups in total. The maximum atomic E-state index is 12.7. The highest BCUT2D eigenvalue weighted by atomic mass is 79.9. The van der Waals surface area contributed by atoms with Crippen LogP contribution in [0.1, 0.15) is 32.6 Å². The van der Waals surface area contributed by atoms with E-state index in [1.807, 2.05) is 0 Å². The van der Waals surface area contributed by atoms with Crippen LogP contribution in [0.5, 0.6) is 0 Å². The van der Waals surface area contributed by atoms with E-state index in [4.69, 9.17) is 10.8 Å². The number of nitrogens with two attached hydrogens (primary N) is 1. The topological polar surface area (TPSA) is 83.6 Å². The van der Waals surface area contributed by atoms with Crippen molar-refractivity contribution in [1.82, 2.24) is 4.31 Å². The molecular weight excluding hydrogens is 356 g/mol. The van der Waals surface area contributed by atoms with E-state index in [0.717, 1.165) is 25.7 Å². The maximum Gasteiger partial charge on any atom is 0.244 e. The van der Waals surface area contributed by atoms with Gasteiger partial charge in [-0.3, -0.25) is 0 Å². The van der Waals surface area contributed by atoms with E-state index in [0.29, 0.717) is 16.7 Å². The Morgan fingerprint density at radius 2 is 1.95 bits per heavy atom. The van der Waals surface area contributed by atoms with Crippen LogP contribution in [0.2, 0.25) is 0 Å².